The molecule has 0 aliphatic heterocycles. The Labute approximate surface area is 382 Å². The number of halogens is 3. The van der Waals surface area contributed by atoms with Gasteiger partial charge in [0.15, 0.2) is 0 Å². The summed E-state index contributed by atoms with van der Waals surface area (Å²) in [6.45, 7) is 12.1. The number of nitrogens with two attached hydrogens (primary N) is 1. The number of carbonyl (C=O) groups is 1. The number of aryl methyl sites for hydroxylation is 1. The van der Waals surface area contributed by atoms with Gasteiger partial charge in [0.1, 0.15) is 35.8 Å². The van der Waals surface area contributed by atoms with E-state index >= 15 is 0 Å². The summed E-state index contributed by atoms with van der Waals surface area (Å²) in [5.41, 5.74) is 10.3. The molecule has 4 aromatic heterocycles. The molecule has 0 fully saturated rings. The molecule has 10 N–H and O–H groups in total. The molecule has 15 nitrogen and oxygen atoms in total. The van der Waals surface area contributed by atoms with Gasteiger partial charge in [0, 0.05) is 37.4 Å². The SMILES string of the molecule is C#C[C@@H](C)[NH3+].C[C@@H](N)C#Cc1cccnc1OCCO.C[C@H](CCc1cccnc1NCCO)NC(=O)OC(C)(C)C.Clc1ncccc1Br.OCCOc1ncccc1Br. The monoisotopic (exact) mass is 993 g/mol. The summed E-state index contributed by atoms with van der Waals surface area (Å²) in [4.78, 5) is 27.7. The number of aliphatic hydroxyl groups is 3. The predicted molar refractivity (Wildman–Crippen MR) is 247 cm³/mol. The molecule has 0 saturated heterocycles. The summed E-state index contributed by atoms with van der Waals surface area (Å²) in [5, 5.41) is 32.4. The van der Waals surface area contributed by atoms with Gasteiger partial charge in [0.05, 0.1) is 40.4 Å². The van der Waals surface area contributed by atoms with Crippen molar-refractivity contribution in [1.82, 2.24) is 25.3 Å². The summed E-state index contributed by atoms with van der Waals surface area (Å²) >= 11 is 12.0. The number of aliphatic hydroxyl groups excluding tert-OH is 3. The number of rotatable bonds is 13. The Morgan fingerprint density at radius 3 is 1.93 bits per heavy atom. The first kappa shape index (κ1) is 56.4. The van der Waals surface area contributed by atoms with Crippen LogP contribution in [0, 0.1) is 24.2 Å². The summed E-state index contributed by atoms with van der Waals surface area (Å²) in [6, 6.07) is 14.7. The minimum Gasteiger partial charge on any atom is -0.474 e. The number of ether oxygens (including phenoxy) is 3. The van der Waals surface area contributed by atoms with E-state index in [0.29, 0.717) is 29.0 Å². The smallest absolute Gasteiger partial charge is 0.407 e. The van der Waals surface area contributed by atoms with Gasteiger partial charge in [0.2, 0.25) is 11.8 Å². The van der Waals surface area contributed by atoms with Crippen LogP contribution in [0.5, 0.6) is 11.8 Å². The second-order valence-electron chi connectivity index (χ2n) is 13.4. The summed E-state index contributed by atoms with van der Waals surface area (Å²) in [6.07, 6.45) is 12.6. The van der Waals surface area contributed by atoms with Gasteiger partial charge in [-0.2, -0.15) is 0 Å². The Morgan fingerprint density at radius 2 is 1.43 bits per heavy atom. The molecule has 0 bridgehead atoms. The van der Waals surface area contributed by atoms with E-state index in [4.69, 9.17) is 53.3 Å². The molecule has 4 rings (SSSR count). The zero-order valence-corrected chi connectivity index (χ0v) is 39.5. The zero-order valence-electron chi connectivity index (χ0n) is 35.6. The molecule has 1 amide bonds. The van der Waals surface area contributed by atoms with E-state index in [-0.39, 0.29) is 51.2 Å². The van der Waals surface area contributed by atoms with E-state index in [9.17, 15) is 4.79 Å². The fourth-order valence-electron chi connectivity index (χ4n) is 3.85. The summed E-state index contributed by atoms with van der Waals surface area (Å²) < 4.78 is 17.2. The number of carbonyl (C=O) groups excluding carboxylic acids is 1. The van der Waals surface area contributed by atoms with Crippen LogP contribution >= 0.6 is 43.5 Å². The number of hydrogen-bond donors (Lipinski definition) is 7. The number of alkyl carbamates (subject to hydrolysis) is 1. The standard InChI is InChI=1S/C16H27N3O3.C11H14N2O2.C7H8BrNO2.C5H3BrClN.C4H7N/c1-12(19-15(21)22-16(2,3)4)7-8-13-6-5-9-17-14(13)18-10-11-20;1-9(12)4-5-10-3-2-6-13-11(10)15-8-7-14;8-6-2-1-3-9-7(6)11-5-4-10;6-4-2-1-3-8-5(4)7;1-3-4(2)5/h5-6,9,12,20H,7-8,10-11H2,1-4H3,(H,17,18)(H,19,21);2-3,6,9,14H,7-8,12H2,1H3;1-3,10H,4-5H2;1-3H;1,4H,5H2,2H3/p+1/t12-;9-;;;4-/m11..1/s1. The highest BCUT2D eigenvalue weighted by Gasteiger charge is 2.18. The van der Waals surface area contributed by atoms with Gasteiger partial charge in [-0.15, -0.1) is 6.42 Å². The van der Waals surface area contributed by atoms with Crippen LogP contribution in [0.3, 0.4) is 0 Å². The largest absolute Gasteiger partial charge is 0.474 e. The highest BCUT2D eigenvalue weighted by atomic mass is 79.9. The first-order valence-electron chi connectivity index (χ1n) is 19.1. The van der Waals surface area contributed by atoms with Crippen LogP contribution in [0.4, 0.5) is 10.6 Å². The highest BCUT2D eigenvalue weighted by molar-refractivity contribution is 9.10. The average Bonchev–Trinajstić information content (AvgIpc) is 3.22. The van der Waals surface area contributed by atoms with Crippen molar-refractivity contribution in [2.24, 2.45) is 5.73 Å². The maximum Gasteiger partial charge on any atom is 0.407 e. The van der Waals surface area contributed by atoms with Crippen LogP contribution in [0.2, 0.25) is 5.15 Å². The Hall–Kier alpha value is -4.56. The van der Waals surface area contributed by atoms with E-state index in [1.807, 2.05) is 65.0 Å². The molecule has 18 heteroatoms. The Morgan fingerprint density at radius 1 is 0.885 bits per heavy atom. The minimum absolute atomic E-state index is 0.000693. The molecular formula is C43H60Br2ClN8O7+. The van der Waals surface area contributed by atoms with Crippen molar-refractivity contribution in [2.75, 3.05) is 44.9 Å². The van der Waals surface area contributed by atoms with Crippen LogP contribution in [-0.4, -0.2) is 105 Å². The van der Waals surface area contributed by atoms with Crippen molar-refractivity contribution in [3.63, 3.8) is 0 Å². The van der Waals surface area contributed by atoms with E-state index in [2.05, 4.69) is 85.9 Å². The number of nitrogens with one attached hydrogen (secondary N) is 2. The van der Waals surface area contributed by atoms with Gasteiger partial charge in [-0.3, -0.25) is 0 Å². The number of quaternary nitrogens is 1. The molecule has 3 atom stereocenters. The number of amides is 1. The van der Waals surface area contributed by atoms with Crippen LogP contribution in [0.15, 0.2) is 82.3 Å². The highest BCUT2D eigenvalue weighted by Crippen LogP contribution is 2.20. The van der Waals surface area contributed by atoms with E-state index in [0.717, 1.165) is 33.2 Å². The Kier molecular flexibility index (Phi) is 31.5. The lowest BCUT2D eigenvalue weighted by Crippen LogP contribution is -2.58. The van der Waals surface area contributed by atoms with Crippen molar-refractivity contribution in [2.45, 2.75) is 78.1 Å². The molecule has 0 unspecified atom stereocenters. The maximum atomic E-state index is 11.7. The predicted octanol–water partition coefficient (Wildman–Crippen LogP) is 5.45. The Bertz CT molecular complexity index is 1880. The third-order valence-corrected chi connectivity index (χ3v) is 8.27. The lowest BCUT2D eigenvalue weighted by atomic mass is 10.1. The average molecular weight is 996 g/mol. The molecule has 61 heavy (non-hydrogen) atoms. The van der Waals surface area contributed by atoms with E-state index < -0.39 is 11.7 Å². The first-order valence-corrected chi connectivity index (χ1v) is 21.1. The zero-order chi connectivity index (χ0) is 46.1. The fraction of sp³-hybridized carbons (Fsp3) is 0.419. The lowest BCUT2D eigenvalue weighted by molar-refractivity contribution is -0.393. The van der Waals surface area contributed by atoms with Crippen LogP contribution in [0.1, 0.15) is 59.1 Å². The van der Waals surface area contributed by atoms with E-state index in [1.54, 1.807) is 49.9 Å². The number of pyridine rings is 4. The third-order valence-electron chi connectivity index (χ3n) is 6.49. The van der Waals surface area contributed by atoms with Crippen LogP contribution < -0.4 is 31.6 Å². The molecule has 0 aromatic carbocycles. The van der Waals surface area contributed by atoms with Crippen molar-refractivity contribution in [1.29, 1.82) is 0 Å². The third kappa shape index (κ3) is 30.2. The molecule has 4 heterocycles. The maximum absolute atomic E-state index is 11.7. The van der Waals surface area contributed by atoms with Gasteiger partial charge in [-0.05, 0) is 140 Å². The van der Waals surface area contributed by atoms with Gasteiger partial charge < -0.3 is 51.6 Å². The van der Waals surface area contributed by atoms with Gasteiger partial charge in [-0.25, -0.2) is 24.7 Å². The molecule has 4 aromatic rings. The van der Waals surface area contributed by atoms with E-state index in [1.165, 1.54) is 0 Å². The second-order valence-corrected chi connectivity index (χ2v) is 15.5. The number of aromatic nitrogens is 4. The minimum atomic E-state index is -0.492. The van der Waals surface area contributed by atoms with Crippen LogP contribution in [0.25, 0.3) is 0 Å². The number of hydrogen-bond acceptors (Lipinski definition) is 13. The van der Waals surface area contributed by atoms with Gasteiger partial charge in [-0.1, -0.05) is 29.5 Å². The number of nitrogens with zero attached hydrogens (tertiary/aromatic N) is 4. The Balaban J connectivity index is 0.000000800. The molecular weight excluding hydrogens is 936 g/mol. The van der Waals surface area contributed by atoms with Gasteiger partial charge >= 0.3 is 6.09 Å². The fourth-order valence-corrected chi connectivity index (χ4v) is 4.59. The molecule has 0 aliphatic rings. The molecule has 0 aliphatic carbocycles. The van der Waals surface area contributed by atoms with Crippen molar-refractivity contribution in [3.8, 4) is 35.9 Å². The molecule has 0 spiro atoms. The summed E-state index contributed by atoms with van der Waals surface area (Å²) in [5.74, 6) is 9.84. The number of terminal acetylenes is 1. The van der Waals surface area contributed by atoms with Gasteiger partial charge in [0.25, 0.3) is 0 Å². The quantitative estimate of drug-likeness (QED) is 0.0654. The second kappa shape index (κ2) is 34.1. The van der Waals surface area contributed by atoms with Crippen molar-refractivity contribution in [3.05, 3.63) is 98.5 Å². The summed E-state index contributed by atoms with van der Waals surface area (Å²) in [7, 11) is 0. The first-order chi connectivity index (χ1) is 29.0. The van der Waals surface area contributed by atoms with Crippen molar-refractivity contribution < 1.29 is 40.1 Å². The normalized spacial score (nSPS) is 11.4. The molecule has 0 radical (unpaired) electrons. The van der Waals surface area contributed by atoms with Crippen LogP contribution in [-0.2, 0) is 11.2 Å². The van der Waals surface area contributed by atoms with Crippen molar-refractivity contribution >= 4 is 55.4 Å². The molecule has 0 saturated carbocycles. The number of anilines is 1. The topological polar surface area (TPSA) is 235 Å². The lowest BCUT2D eigenvalue weighted by Gasteiger charge is -2.22. The molecule has 334 valence electrons.